The Hall–Kier alpha value is -3.04. The Bertz CT molecular complexity index is 1200. The van der Waals surface area contributed by atoms with Crippen LogP contribution in [0.4, 0.5) is 27.8 Å². The van der Waals surface area contributed by atoms with Crippen molar-refractivity contribution < 1.29 is 22.0 Å². The van der Waals surface area contributed by atoms with E-state index < -0.39 is 35.3 Å². The number of nitrogens with one attached hydrogen (secondary N) is 1. The highest BCUT2D eigenvalue weighted by molar-refractivity contribution is 5.88. The first-order valence-electron chi connectivity index (χ1n) is 9.65. The lowest BCUT2D eigenvalue weighted by molar-refractivity contribution is -0.137. The molecule has 0 aliphatic heterocycles. The molecule has 10 heteroatoms. The van der Waals surface area contributed by atoms with E-state index >= 15 is 0 Å². The van der Waals surface area contributed by atoms with Crippen LogP contribution in [0.5, 0.6) is 0 Å². The number of anilines is 1. The summed E-state index contributed by atoms with van der Waals surface area (Å²) in [6.07, 6.45) is -5.48. The first kappa shape index (κ1) is 21.2. The fraction of sp³-hybridized carbons (Fsp3) is 0.381. The first-order valence-corrected chi connectivity index (χ1v) is 9.65. The number of rotatable bonds is 5. The summed E-state index contributed by atoms with van der Waals surface area (Å²) in [5.41, 5.74) is -2.24. The number of nitrogens with zero attached hydrogens (tertiary/aromatic N) is 3. The molecule has 5 nitrogen and oxygen atoms in total. The van der Waals surface area contributed by atoms with Crippen LogP contribution in [-0.2, 0) is 11.7 Å². The number of alkyl halides is 5. The molecule has 164 valence electrons. The number of hydrogen-bond donors (Lipinski definition) is 1. The molecule has 0 radical (unpaired) electrons. The van der Waals surface area contributed by atoms with E-state index in [9.17, 15) is 26.7 Å². The molecule has 4 rings (SSSR count). The molecule has 2 aromatic heterocycles. The van der Waals surface area contributed by atoms with Gasteiger partial charge in [0.1, 0.15) is 17.2 Å². The van der Waals surface area contributed by atoms with E-state index in [1.165, 1.54) is 18.3 Å². The Morgan fingerprint density at radius 2 is 1.87 bits per heavy atom. The zero-order valence-electron chi connectivity index (χ0n) is 16.7. The van der Waals surface area contributed by atoms with Crippen molar-refractivity contribution in [3.8, 4) is 0 Å². The van der Waals surface area contributed by atoms with Crippen molar-refractivity contribution in [2.75, 3.05) is 5.32 Å². The molecule has 0 bridgehead atoms. The van der Waals surface area contributed by atoms with E-state index in [4.69, 9.17) is 0 Å². The molecule has 1 aromatic carbocycles. The fourth-order valence-electron chi connectivity index (χ4n) is 3.64. The van der Waals surface area contributed by atoms with Crippen LogP contribution in [0, 0.1) is 6.92 Å². The number of benzene rings is 1. The van der Waals surface area contributed by atoms with Crippen LogP contribution in [-0.4, -0.2) is 21.0 Å². The molecular weight excluding hydrogens is 419 g/mol. The molecule has 31 heavy (non-hydrogen) atoms. The number of halogens is 5. The van der Waals surface area contributed by atoms with Gasteiger partial charge in [0.2, 0.25) is 0 Å². The maximum Gasteiger partial charge on any atom is 0.416 e. The predicted molar refractivity (Wildman–Crippen MR) is 105 cm³/mol. The summed E-state index contributed by atoms with van der Waals surface area (Å²) in [5.74, 6) is 0.588. The van der Waals surface area contributed by atoms with Crippen LogP contribution in [0.15, 0.2) is 41.3 Å². The van der Waals surface area contributed by atoms with Gasteiger partial charge in [-0.1, -0.05) is 12.1 Å². The summed E-state index contributed by atoms with van der Waals surface area (Å²) in [6, 6.07) is 5.50. The van der Waals surface area contributed by atoms with E-state index in [1.807, 2.05) is 0 Å². The van der Waals surface area contributed by atoms with Crippen LogP contribution in [0.3, 0.4) is 0 Å². The van der Waals surface area contributed by atoms with Crippen molar-refractivity contribution in [3.05, 3.63) is 63.8 Å². The summed E-state index contributed by atoms with van der Waals surface area (Å²) < 4.78 is 67.3. The average molecular weight is 438 g/mol. The maximum atomic E-state index is 13.6. The van der Waals surface area contributed by atoms with Crippen LogP contribution < -0.4 is 10.9 Å². The topological polar surface area (TPSA) is 59.8 Å². The second kappa shape index (κ2) is 7.28. The minimum atomic E-state index is -4.47. The molecule has 1 unspecified atom stereocenters. The van der Waals surface area contributed by atoms with Crippen molar-refractivity contribution in [2.24, 2.45) is 0 Å². The Kier molecular flexibility index (Phi) is 4.98. The van der Waals surface area contributed by atoms with Gasteiger partial charge in [0.15, 0.2) is 0 Å². The number of aryl methyl sites for hydroxylation is 1. The van der Waals surface area contributed by atoms with Gasteiger partial charge in [-0.25, -0.2) is 18.7 Å². The number of fused-ring (bicyclic) bond motifs is 1. The Balaban J connectivity index is 1.76. The minimum absolute atomic E-state index is 0.187. The van der Waals surface area contributed by atoms with Crippen LogP contribution in [0.1, 0.15) is 42.8 Å². The average Bonchev–Trinajstić information content (AvgIpc) is 3.48. The second-order valence-electron chi connectivity index (χ2n) is 7.79. The van der Waals surface area contributed by atoms with Gasteiger partial charge in [-0.05, 0) is 44.4 Å². The molecule has 1 aliphatic rings. The largest absolute Gasteiger partial charge is 0.416 e. The van der Waals surface area contributed by atoms with Crippen LogP contribution >= 0.6 is 0 Å². The van der Waals surface area contributed by atoms with Gasteiger partial charge in [-0.3, -0.25) is 4.79 Å². The maximum absolute atomic E-state index is 13.6. The molecule has 1 aliphatic carbocycles. The van der Waals surface area contributed by atoms with E-state index in [0.717, 1.165) is 16.7 Å². The molecule has 1 atom stereocenters. The predicted octanol–water partition coefficient (Wildman–Crippen LogP) is 5.05. The highest BCUT2D eigenvalue weighted by Crippen LogP contribution is 2.48. The van der Waals surface area contributed by atoms with Gasteiger partial charge in [-0.15, -0.1) is 0 Å². The summed E-state index contributed by atoms with van der Waals surface area (Å²) in [5, 5.41) is 3.39. The fourth-order valence-corrected chi connectivity index (χ4v) is 3.64. The number of aromatic nitrogens is 3. The van der Waals surface area contributed by atoms with E-state index in [0.29, 0.717) is 16.8 Å². The number of pyridine rings is 1. The smallest absolute Gasteiger partial charge is 0.363 e. The molecule has 3 aromatic rings. The van der Waals surface area contributed by atoms with Crippen molar-refractivity contribution in [3.63, 3.8) is 0 Å². The van der Waals surface area contributed by atoms with E-state index in [2.05, 4.69) is 15.3 Å². The Morgan fingerprint density at radius 3 is 2.48 bits per heavy atom. The molecule has 0 spiro atoms. The molecule has 1 fully saturated rings. The lowest BCUT2D eigenvalue weighted by atomic mass is 10.0. The van der Waals surface area contributed by atoms with Gasteiger partial charge in [0.05, 0.1) is 16.5 Å². The molecule has 2 heterocycles. The lowest BCUT2D eigenvalue weighted by Gasteiger charge is -2.21. The highest BCUT2D eigenvalue weighted by atomic mass is 19.4. The van der Waals surface area contributed by atoms with Gasteiger partial charge in [-0.2, -0.15) is 13.2 Å². The highest BCUT2D eigenvalue weighted by Gasteiger charge is 2.53. The zero-order chi connectivity index (χ0) is 22.6. The quantitative estimate of drug-likeness (QED) is 0.567. The van der Waals surface area contributed by atoms with Gasteiger partial charge in [0.25, 0.3) is 12.0 Å². The molecule has 0 saturated heterocycles. The molecule has 0 amide bonds. The lowest BCUT2D eigenvalue weighted by Crippen LogP contribution is -2.35. The van der Waals surface area contributed by atoms with E-state index in [-0.39, 0.29) is 24.2 Å². The third kappa shape index (κ3) is 3.86. The number of hydrogen-bond acceptors (Lipinski definition) is 4. The zero-order valence-corrected chi connectivity index (χ0v) is 16.7. The normalized spacial score (nSPS) is 16.5. The third-order valence-corrected chi connectivity index (χ3v) is 5.56. The molecular formula is C21H19F5N4O. The van der Waals surface area contributed by atoms with Crippen LogP contribution in [0.25, 0.3) is 10.9 Å². The van der Waals surface area contributed by atoms with Crippen LogP contribution in [0.2, 0.25) is 0 Å². The van der Waals surface area contributed by atoms with Crippen molar-refractivity contribution in [1.82, 2.24) is 14.5 Å². The minimum Gasteiger partial charge on any atom is -0.363 e. The second-order valence-corrected chi connectivity index (χ2v) is 7.79. The molecule has 1 N–H and O–H groups in total. The van der Waals surface area contributed by atoms with Gasteiger partial charge < -0.3 is 9.88 Å². The Morgan fingerprint density at radius 1 is 1.16 bits per heavy atom. The monoisotopic (exact) mass is 438 g/mol. The van der Waals surface area contributed by atoms with Crippen molar-refractivity contribution in [1.29, 1.82) is 0 Å². The van der Waals surface area contributed by atoms with Crippen molar-refractivity contribution in [2.45, 2.75) is 50.9 Å². The van der Waals surface area contributed by atoms with Crippen molar-refractivity contribution >= 4 is 16.7 Å². The van der Waals surface area contributed by atoms with E-state index in [1.54, 1.807) is 19.9 Å². The van der Waals surface area contributed by atoms with Gasteiger partial charge >= 0.3 is 6.18 Å². The standard InChI is InChI=1S/C21H19F5N4O/c1-11(13-4-3-5-14(8-13)21(24,25)26)27-18-15-10-30(20(6-7-20)19(22)23)17(31)9-16(15)28-12(2)29-18/h3-5,8-11,19H,6-7H2,1-2H3,(H,27,28,29). The summed E-state index contributed by atoms with van der Waals surface area (Å²) >= 11 is 0. The molecule has 1 saturated carbocycles. The summed E-state index contributed by atoms with van der Waals surface area (Å²) in [4.78, 5) is 21.0. The third-order valence-electron chi connectivity index (χ3n) is 5.56. The summed E-state index contributed by atoms with van der Waals surface area (Å²) in [6.45, 7) is 3.27. The van der Waals surface area contributed by atoms with Gasteiger partial charge in [0, 0.05) is 18.3 Å². The Labute approximate surface area is 173 Å². The summed E-state index contributed by atoms with van der Waals surface area (Å²) in [7, 11) is 0. The first-order chi connectivity index (χ1) is 14.5. The SMILES string of the molecule is Cc1nc(NC(C)c2cccc(C(F)(F)F)c2)c2cn(C3(C(F)F)CC3)c(=O)cc2n1.